The van der Waals surface area contributed by atoms with Crippen LogP contribution in [0.1, 0.15) is 39.5 Å². The molecule has 2 amide bonds. The van der Waals surface area contributed by atoms with E-state index in [1.54, 1.807) is 4.90 Å². The molecule has 7 nitrogen and oxygen atoms in total. The maximum absolute atomic E-state index is 12.6. The molecule has 1 saturated carbocycles. The maximum Gasteiger partial charge on any atom is 0.317 e. The number of benzene rings is 1. The lowest BCUT2D eigenvalue weighted by atomic mass is 9.86. The van der Waals surface area contributed by atoms with Crippen LogP contribution in [0, 0.1) is 5.92 Å². The number of carbonyl (C=O) groups excluding carboxylic acids is 1. The second-order valence-electron chi connectivity index (χ2n) is 7.36. The fourth-order valence-electron chi connectivity index (χ4n) is 3.26. The molecule has 1 aromatic rings. The number of nitrogens with one attached hydrogen (secondary N) is 1. The first kappa shape index (κ1) is 21.0. The standard InChI is InChI=1S/C20H30N2O5/c1-14(2)22(12-17(23)13-27-18-6-4-3-5-7-18)20(26)21-16-10-8-15(9-11-16)19(24)25/h3-7,14-17,23H,8-13H2,1-2H3,(H,21,26)(H,24,25). The van der Waals surface area contributed by atoms with Crippen molar-refractivity contribution in [2.24, 2.45) is 5.92 Å². The average Bonchev–Trinajstić information content (AvgIpc) is 2.65. The average molecular weight is 378 g/mol. The van der Waals surface area contributed by atoms with Crippen molar-refractivity contribution in [3.05, 3.63) is 30.3 Å². The second kappa shape index (κ2) is 10.2. The Morgan fingerprint density at radius 3 is 2.37 bits per heavy atom. The molecule has 0 saturated heterocycles. The van der Waals surface area contributed by atoms with E-state index in [2.05, 4.69) is 5.32 Å². The molecule has 27 heavy (non-hydrogen) atoms. The first-order valence-electron chi connectivity index (χ1n) is 9.52. The number of aliphatic hydroxyl groups is 1. The maximum atomic E-state index is 12.6. The smallest absolute Gasteiger partial charge is 0.317 e. The fraction of sp³-hybridized carbons (Fsp3) is 0.600. The van der Waals surface area contributed by atoms with Crippen molar-refractivity contribution in [2.45, 2.75) is 57.7 Å². The molecule has 0 bridgehead atoms. The predicted molar refractivity (Wildman–Crippen MR) is 102 cm³/mol. The minimum Gasteiger partial charge on any atom is -0.491 e. The zero-order valence-corrected chi connectivity index (χ0v) is 16.0. The molecule has 1 aliphatic carbocycles. The number of rotatable bonds is 8. The van der Waals surface area contributed by atoms with E-state index in [-0.39, 0.29) is 37.2 Å². The van der Waals surface area contributed by atoms with Crippen LogP contribution in [0.25, 0.3) is 0 Å². The van der Waals surface area contributed by atoms with Crippen LogP contribution in [-0.2, 0) is 4.79 Å². The monoisotopic (exact) mass is 378 g/mol. The Kier molecular flexibility index (Phi) is 7.91. The summed E-state index contributed by atoms with van der Waals surface area (Å²) in [5.74, 6) is -0.395. The molecular formula is C20H30N2O5. The number of amides is 2. The number of para-hydroxylation sites is 1. The molecule has 1 unspecified atom stereocenters. The van der Waals surface area contributed by atoms with Gasteiger partial charge < -0.3 is 25.2 Å². The van der Waals surface area contributed by atoms with Crippen molar-refractivity contribution in [2.75, 3.05) is 13.2 Å². The van der Waals surface area contributed by atoms with Gasteiger partial charge in [0.25, 0.3) is 0 Å². The van der Waals surface area contributed by atoms with E-state index >= 15 is 0 Å². The number of ether oxygens (including phenoxy) is 1. The number of hydrogen-bond donors (Lipinski definition) is 3. The lowest BCUT2D eigenvalue weighted by molar-refractivity contribution is -0.142. The normalized spacial score (nSPS) is 20.7. The van der Waals surface area contributed by atoms with E-state index in [0.29, 0.717) is 31.4 Å². The highest BCUT2D eigenvalue weighted by molar-refractivity contribution is 5.75. The van der Waals surface area contributed by atoms with Crippen molar-refractivity contribution >= 4 is 12.0 Å². The van der Waals surface area contributed by atoms with Crippen molar-refractivity contribution in [3.8, 4) is 5.75 Å². The third-order valence-corrected chi connectivity index (χ3v) is 4.88. The van der Waals surface area contributed by atoms with Gasteiger partial charge in [-0.3, -0.25) is 4.79 Å². The zero-order chi connectivity index (χ0) is 19.8. The van der Waals surface area contributed by atoms with E-state index in [9.17, 15) is 14.7 Å². The Morgan fingerprint density at radius 2 is 1.81 bits per heavy atom. The SMILES string of the molecule is CC(C)N(CC(O)COc1ccccc1)C(=O)NC1CCC(C(=O)O)CC1. The zero-order valence-electron chi connectivity index (χ0n) is 16.0. The quantitative estimate of drug-likeness (QED) is 0.645. The van der Waals surface area contributed by atoms with Crippen LogP contribution in [0.4, 0.5) is 4.79 Å². The third-order valence-electron chi connectivity index (χ3n) is 4.88. The molecule has 1 atom stereocenters. The van der Waals surface area contributed by atoms with Crippen LogP contribution in [0.3, 0.4) is 0 Å². The summed E-state index contributed by atoms with van der Waals surface area (Å²) in [6.07, 6.45) is 1.68. The van der Waals surface area contributed by atoms with Crippen LogP contribution < -0.4 is 10.1 Å². The molecule has 1 aromatic carbocycles. The minimum atomic E-state index is -0.805. The van der Waals surface area contributed by atoms with Crippen molar-refractivity contribution in [1.29, 1.82) is 0 Å². The highest BCUT2D eigenvalue weighted by Crippen LogP contribution is 2.24. The van der Waals surface area contributed by atoms with Crippen molar-refractivity contribution in [3.63, 3.8) is 0 Å². The Balaban J connectivity index is 1.81. The van der Waals surface area contributed by atoms with E-state index < -0.39 is 12.1 Å². The number of carbonyl (C=O) groups is 2. The number of nitrogens with zero attached hydrogens (tertiary/aromatic N) is 1. The van der Waals surface area contributed by atoms with Gasteiger partial charge in [0.1, 0.15) is 18.5 Å². The molecule has 0 aliphatic heterocycles. The van der Waals surface area contributed by atoms with E-state index in [1.807, 2.05) is 44.2 Å². The largest absolute Gasteiger partial charge is 0.491 e. The Morgan fingerprint density at radius 1 is 1.19 bits per heavy atom. The van der Waals surface area contributed by atoms with Crippen LogP contribution in [0.5, 0.6) is 5.75 Å². The van der Waals surface area contributed by atoms with E-state index in [1.165, 1.54) is 0 Å². The van der Waals surface area contributed by atoms with Crippen LogP contribution in [0.2, 0.25) is 0 Å². The highest BCUT2D eigenvalue weighted by Gasteiger charge is 2.29. The van der Waals surface area contributed by atoms with E-state index in [0.717, 1.165) is 0 Å². The number of urea groups is 1. The van der Waals surface area contributed by atoms with Gasteiger partial charge in [-0.2, -0.15) is 0 Å². The van der Waals surface area contributed by atoms with E-state index in [4.69, 9.17) is 9.84 Å². The van der Waals surface area contributed by atoms with Crippen molar-refractivity contribution < 1.29 is 24.5 Å². The first-order chi connectivity index (χ1) is 12.9. The molecule has 0 spiro atoms. The van der Waals surface area contributed by atoms with Gasteiger partial charge >= 0.3 is 12.0 Å². The molecule has 1 fully saturated rings. The summed E-state index contributed by atoms with van der Waals surface area (Å²) >= 11 is 0. The Bertz CT molecular complexity index is 600. The van der Waals surface area contributed by atoms with Gasteiger partial charge in [0.05, 0.1) is 12.5 Å². The lowest BCUT2D eigenvalue weighted by Gasteiger charge is -2.33. The summed E-state index contributed by atoms with van der Waals surface area (Å²) in [5.41, 5.74) is 0. The third kappa shape index (κ3) is 6.75. The number of carboxylic acid groups (broad SMARTS) is 1. The number of aliphatic hydroxyl groups excluding tert-OH is 1. The van der Waals surface area contributed by atoms with Gasteiger partial charge in [-0.15, -0.1) is 0 Å². The molecule has 7 heteroatoms. The highest BCUT2D eigenvalue weighted by atomic mass is 16.5. The van der Waals surface area contributed by atoms with Gasteiger partial charge in [0.15, 0.2) is 0 Å². The lowest BCUT2D eigenvalue weighted by Crippen LogP contribution is -2.51. The molecule has 0 heterocycles. The van der Waals surface area contributed by atoms with Crippen LogP contribution >= 0.6 is 0 Å². The van der Waals surface area contributed by atoms with Gasteiger partial charge in [-0.25, -0.2) is 4.79 Å². The topological polar surface area (TPSA) is 99.1 Å². The molecule has 2 rings (SSSR count). The van der Waals surface area contributed by atoms with Gasteiger partial charge in [-0.1, -0.05) is 18.2 Å². The summed E-state index contributed by atoms with van der Waals surface area (Å²) in [5, 5.41) is 22.3. The number of carboxylic acids is 1. The molecule has 150 valence electrons. The second-order valence-corrected chi connectivity index (χ2v) is 7.36. The number of aliphatic carboxylic acids is 1. The van der Waals surface area contributed by atoms with Gasteiger partial charge in [-0.05, 0) is 51.7 Å². The summed E-state index contributed by atoms with van der Waals surface area (Å²) in [6, 6.07) is 8.89. The van der Waals surface area contributed by atoms with Crippen LogP contribution in [0.15, 0.2) is 30.3 Å². The molecule has 1 aliphatic rings. The van der Waals surface area contributed by atoms with Gasteiger partial charge in [0, 0.05) is 12.1 Å². The molecule has 3 N–H and O–H groups in total. The Hall–Kier alpha value is -2.28. The summed E-state index contributed by atoms with van der Waals surface area (Å²) in [6.45, 7) is 4.06. The predicted octanol–water partition coefficient (Wildman–Crippen LogP) is 2.49. The number of hydrogen-bond acceptors (Lipinski definition) is 4. The first-order valence-corrected chi connectivity index (χ1v) is 9.52. The fourth-order valence-corrected chi connectivity index (χ4v) is 3.26. The van der Waals surface area contributed by atoms with Gasteiger partial charge in [0.2, 0.25) is 0 Å². The summed E-state index contributed by atoms with van der Waals surface area (Å²) < 4.78 is 5.55. The summed E-state index contributed by atoms with van der Waals surface area (Å²) in [7, 11) is 0. The molecule has 0 radical (unpaired) electrons. The molecule has 0 aromatic heterocycles. The minimum absolute atomic E-state index is 0.0212. The molecular weight excluding hydrogens is 348 g/mol. The van der Waals surface area contributed by atoms with Crippen LogP contribution in [-0.4, -0.2) is 58.5 Å². The summed E-state index contributed by atoms with van der Waals surface area (Å²) in [4.78, 5) is 25.2. The van der Waals surface area contributed by atoms with Crippen molar-refractivity contribution in [1.82, 2.24) is 10.2 Å². The Labute approximate surface area is 160 Å².